The molecule has 4 rings (SSSR count). The summed E-state index contributed by atoms with van der Waals surface area (Å²) in [5, 5.41) is 0. The van der Waals surface area contributed by atoms with Gasteiger partial charge in [-0.05, 0) is 77.6 Å². The molecule has 0 bridgehead atoms. The van der Waals surface area contributed by atoms with E-state index >= 15 is 0 Å². The molecule has 0 saturated heterocycles. The molecule has 0 heterocycles. The van der Waals surface area contributed by atoms with Gasteiger partial charge < -0.3 is 9.47 Å². The molecule has 0 aliphatic rings. The van der Waals surface area contributed by atoms with Gasteiger partial charge in [0, 0.05) is 12.3 Å². The summed E-state index contributed by atoms with van der Waals surface area (Å²) in [7, 11) is 0. The van der Waals surface area contributed by atoms with Gasteiger partial charge in [0.1, 0.15) is 23.0 Å². The van der Waals surface area contributed by atoms with E-state index in [0.717, 1.165) is 54.1 Å². The molecule has 0 unspecified atom stereocenters. The number of nitrogens with zero attached hydrogens (tertiary/aromatic N) is 1. The van der Waals surface area contributed by atoms with Crippen molar-refractivity contribution in [3.63, 3.8) is 0 Å². The first-order valence-electron chi connectivity index (χ1n) is 13.0. The maximum absolute atomic E-state index is 14.6. The fourth-order valence-corrected chi connectivity index (χ4v) is 4.60. The van der Waals surface area contributed by atoms with Gasteiger partial charge >= 0.3 is 12.4 Å². The van der Waals surface area contributed by atoms with Gasteiger partial charge in [-0.25, -0.2) is 0 Å². The summed E-state index contributed by atoms with van der Waals surface area (Å²) in [4.78, 5) is 4.12. The number of alkyl halides is 6. The zero-order chi connectivity index (χ0) is 30.8. The lowest BCUT2D eigenvalue weighted by molar-refractivity contribution is -0.288. The van der Waals surface area contributed by atoms with Crippen molar-refractivity contribution in [1.82, 2.24) is 0 Å². The van der Waals surface area contributed by atoms with Crippen LogP contribution in [0.15, 0.2) is 102 Å². The first-order valence-corrected chi connectivity index (χ1v) is 13.0. The van der Waals surface area contributed by atoms with Crippen molar-refractivity contribution in [2.75, 3.05) is 0 Å². The number of aliphatic imine (C=N–C) groups is 1. The third-order valence-electron chi connectivity index (χ3n) is 6.69. The lowest BCUT2D eigenvalue weighted by Crippen LogP contribution is -2.54. The average Bonchev–Trinajstić information content (AvgIpc) is 2.89. The third kappa shape index (κ3) is 6.30. The summed E-state index contributed by atoms with van der Waals surface area (Å²) in [6.45, 7) is 7.75. The fourth-order valence-electron chi connectivity index (χ4n) is 4.60. The molecule has 220 valence electrons. The van der Waals surface area contributed by atoms with Gasteiger partial charge in [-0.2, -0.15) is 26.3 Å². The summed E-state index contributed by atoms with van der Waals surface area (Å²) < 4.78 is 99.1. The van der Waals surface area contributed by atoms with Crippen LogP contribution in [0.4, 0.5) is 32.0 Å². The maximum Gasteiger partial charge on any atom is 0.411 e. The molecule has 0 fully saturated rings. The average molecular weight is 586 g/mol. The van der Waals surface area contributed by atoms with Gasteiger partial charge in [0.25, 0.3) is 0 Å². The molecule has 0 radical (unpaired) electrons. The monoisotopic (exact) mass is 585 g/mol. The van der Waals surface area contributed by atoms with Gasteiger partial charge in [-0.1, -0.05) is 63.2 Å². The van der Waals surface area contributed by atoms with Crippen LogP contribution < -0.4 is 9.47 Å². The largest absolute Gasteiger partial charge is 0.457 e. The van der Waals surface area contributed by atoms with Crippen molar-refractivity contribution < 1.29 is 35.8 Å². The minimum absolute atomic E-state index is 0.0656. The van der Waals surface area contributed by atoms with E-state index < -0.39 is 28.9 Å². The van der Waals surface area contributed by atoms with Crippen LogP contribution in [-0.2, 0) is 10.8 Å². The molecule has 42 heavy (non-hydrogen) atoms. The second kappa shape index (κ2) is 11.5. The van der Waals surface area contributed by atoms with Crippen LogP contribution in [0, 0.1) is 0 Å². The predicted molar refractivity (Wildman–Crippen MR) is 151 cm³/mol. The van der Waals surface area contributed by atoms with Crippen molar-refractivity contribution >= 4 is 11.9 Å². The van der Waals surface area contributed by atoms with E-state index in [0.29, 0.717) is 17.2 Å². The first-order chi connectivity index (χ1) is 19.6. The first kappa shape index (κ1) is 30.7. The van der Waals surface area contributed by atoms with Crippen molar-refractivity contribution in [1.29, 1.82) is 0 Å². The summed E-state index contributed by atoms with van der Waals surface area (Å²) in [5.74, 6) is 0.903. The molecule has 0 amide bonds. The number of halogens is 6. The molecule has 9 heteroatoms. The van der Waals surface area contributed by atoms with E-state index in [1.165, 1.54) is 0 Å². The molecule has 0 spiro atoms. The van der Waals surface area contributed by atoms with Crippen molar-refractivity contribution in [2.45, 2.75) is 50.9 Å². The smallest absolute Gasteiger partial charge is 0.411 e. The van der Waals surface area contributed by atoms with E-state index in [1.54, 1.807) is 55.6 Å². The van der Waals surface area contributed by atoms with Crippen LogP contribution in [0.2, 0.25) is 0 Å². The van der Waals surface area contributed by atoms with Crippen molar-refractivity contribution in [2.24, 2.45) is 4.99 Å². The van der Waals surface area contributed by atoms with E-state index in [2.05, 4.69) is 4.99 Å². The summed E-state index contributed by atoms with van der Waals surface area (Å²) in [6, 6.07) is 21.2. The predicted octanol–water partition coefficient (Wildman–Crippen LogP) is 10.7. The quantitative estimate of drug-likeness (QED) is 0.160. The van der Waals surface area contributed by atoms with E-state index in [1.807, 2.05) is 26.8 Å². The Labute approximate surface area is 240 Å². The van der Waals surface area contributed by atoms with Crippen LogP contribution in [0.1, 0.15) is 44.4 Å². The van der Waals surface area contributed by atoms with Crippen LogP contribution in [0.5, 0.6) is 23.0 Å². The molecule has 0 aliphatic carbocycles. The standard InChI is InChI=1S/C33H29F6NO2/c1-5-40-25-9-7-11-29(21-25)42-27-18-14-23(15-19-27)31(32(34,35)36,33(37,38)39)22-12-16-26(17-13-22)41-28-10-6-8-24(20-28)30(2,3)4/h5-21H,1-4H3. The highest BCUT2D eigenvalue weighted by Gasteiger charge is 2.72. The van der Waals surface area contributed by atoms with Crippen LogP contribution >= 0.6 is 0 Å². The Kier molecular flexibility index (Phi) is 8.43. The molecule has 0 aromatic heterocycles. The number of benzene rings is 4. The number of ether oxygens (including phenoxy) is 2. The van der Waals surface area contributed by atoms with Gasteiger partial charge in [-0.15, -0.1) is 0 Å². The second-order valence-electron chi connectivity index (χ2n) is 10.7. The second-order valence-corrected chi connectivity index (χ2v) is 10.7. The van der Waals surface area contributed by atoms with Gasteiger partial charge in [0.2, 0.25) is 5.41 Å². The third-order valence-corrected chi connectivity index (χ3v) is 6.69. The maximum atomic E-state index is 14.6. The Balaban J connectivity index is 1.69. The van der Waals surface area contributed by atoms with Crippen molar-refractivity contribution in [3.05, 3.63) is 114 Å². The Morgan fingerprint density at radius 1 is 0.548 bits per heavy atom. The lowest BCUT2D eigenvalue weighted by atomic mass is 9.73. The van der Waals surface area contributed by atoms with Crippen LogP contribution in [0.25, 0.3) is 0 Å². The number of rotatable bonds is 7. The highest BCUT2D eigenvalue weighted by Crippen LogP contribution is 2.56. The van der Waals surface area contributed by atoms with Gasteiger partial charge in [0.05, 0.1) is 5.69 Å². The lowest BCUT2D eigenvalue weighted by Gasteiger charge is -2.38. The normalized spacial score (nSPS) is 12.9. The molecular formula is C33H29F6NO2. The number of hydrogen-bond donors (Lipinski definition) is 0. The Morgan fingerprint density at radius 2 is 1.00 bits per heavy atom. The molecule has 0 N–H and O–H groups in total. The van der Waals surface area contributed by atoms with Gasteiger partial charge in [-0.3, -0.25) is 4.99 Å². The molecule has 3 nitrogen and oxygen atoms in total. The molecule has 0 atom stereocenters. The molecule has 0 saturated carbocycles. The summed E-state index contributed by atoms with van der Waals surface area (Å²) in [6.07, 6.45) is -9.86. The Hall–Kier alpha value is -4.27. The number of hydrogen-bond acceptors (Lipinski definition) is 3. The van der Waals surface area contributed by atoms with E-state index in [9.17, 15) is 26.3 Å². The molecule has 4 aromatic carbocycles. The Morgan fingerprint density at radius 3 is 1.43 bits per heavy atom. The van der Waals surface area contributed by atoms with Crippen LogP contribution in [-0.4, -0.2) is 18.6 Å². The SMILES string of the molecule is CC=Nc1cccc(Oc2ccc(C(c3ccc(Oc4cccc(C(C)(C)C)c4)cc3)(C(F)(F)F)C(F)(F)F)cc2)c1. The molecule has 4 aromatic rings. The minimum atomic E-state index is -5.72. The van der Waals surface area contributed by atoms with E-state index in [4.69, 9.17) is 9.47 Å². The zero-order valence-electron chi connectivity index (χ0n) is 23.3. The minimum Gasteiger partial charge on any atom is -0.457 e. The van der Waals surface area contributed by atoms with Crippen molar-refractivity contribution in [3.8, 4) is 23.0 Å². The molecule has 0 aliphatic heterocycles. The summed E-state index contributed by atoms with van der Waals surface area (Å²) >= 11 is 0. The Bertz CT molecular complexity index is 1520. The topological polar surface area (TPSA) is 30.8 Å². The fraction of sp³-hybridized carbons (Fsp3) is 0.242. The highest BCUT2D eigenvalue weighted by atomic mass is 19.4. The van der Waals surface area contributed by atoms with E-state index in [-0.39, 0.29) is 16.9 Å². The molecular weight excluding hydrogens is 556 g/mol. The summed E-state index contributed by atoms with van der Waals surface area (Å²) in [5.41, 5.74) is -4.92. The van der Waals surface area contributed by atoms with Crippen LogP contribution in [0.3, 0.4) is 0 Å². The van der Waals surface area contributed by atoms with Gasteiger partial charge in [0.15, 0.2) is 0 Å². The zero-order valence-corrected chi connectivity index (χ0v) is 23.3. The highest BCUT2D eigenvalue weighted by molar-refractivity contribution is 5.61.